The van der Waals surface area contributed by atoms with Crippen LogP contribution in [0.2, 0.25) is 0 Å². The number of nitrogens with one attached hydrogen (secondary N) is 1. The van der Waals surface area contributed by atoms with Crippen molar-refractivity contribution in [2.75, 3.05) is 51.5 Å². The fourth-order valence-electron chi connectivity index (χ4n) is 3.31. The Labute approximate surface area is 194 Å². The van der Waals surface area contributed by atoms with Crippen LogP contribution >= 0.6 is 0 Å². The van der Waals surface area contributed by atoms with E-state index in [9.17, 15) is 21.6 Å². The minimum absolute atomic E-state index is 0.00949. The summed E-state index contributed by atoms with van der Waals surface area (Å²) in [5, 5.41) is 2.59. The van der Waals surface area contributed by atoms with Crippen LogP contribution < -0.4 is 10.1 Å². The van der Waals surface area contributed by atoms with Crippen molar-refractivity contribution < 1.29 is 31.1 Å². The molecule has 0 radical (unpaired) electrons. The molecule has 0 unspecified atom stereocenters. The summed E-state index contributed by atoms with van der Waals surface area (Å²) < 4.78 is 63.2. The Balaban J connectivity index is 1.80. The van der Waals surface area contributed by atoms with E-state index in [-0.39, 0.29) is 36.0 Å². The summed E-state index contributed by atoms with van der Waals surface area (Å²) in [6, 6.07) is 13.0. The van der Waals surface area contributed by atoms with E-state index in [1.54, 1.807) is 24.3 Å². The number of rotatable bonds is 9. The fourth-order valence-corrected chi connectivity index (χ4v) is 5.48. The Morgan fingerprint density at radius 2 is 1.76 bits per heavy atom. The second kappa shape index (κ2) is 10.6. The highest BCUT2D eigenvalue weighted by molar-refractivity contribution is 7.89. The van der Waals surface area contributed by atoms with E-state index in [1.807, 2.05) is 6.07 Å². The molecule has 0 spiro atoms. The average molecular weight is 498 g/mol. The van der Waals surface area contributed by atoms with Gasteiger partial charge in [-0.3, -0.25) is 4.79 Å². The van der Waals surface area contributed by atoms with Gasteiger partial charge in [-0.1, -0.05) is 30.3 Å². The zero-order valence-corrected chi connectivity index (χ0v) is 20.1. The molecule has 33 heavy (non-hydrogen) atoms. The number of amides is 1. The summed E-state index contributed by atoms with van der Waals surface area (Å²) in [5.41, 5.74) is 0.858. The van der Waals surface area contributed by atoms with Gasteiger partial charge in [0, 0.05) is 19.6 Å². The van der Waals surface area contributed by atoms with Crippen molar-refractivity contribution in [3.05, 3.63) is 54.1 Å². The molecule has 0 saturated carbocycles. The van der Waals surface area contributed by atoms with Gasteiger partial charge in [0.25, 0.3) is 0 Å². The molecule has 1 N–H and O–H groups in total. The molecule has 1 fully saturated rings. The van der Waals surface area contributed by atoms with Gasteiger partial charge >= 0.3 is 0 Å². The van der Waals surface area contributed by atoms with Crippen molar-refractivity contribution in [1.82, 2.24) is 8.61 Å². The molecule has 180 valence electrons. The van der Waals surface area contributed by atoms with Crippen LogP contribution in [0.5, 0.6) is 5.75 Å². The molecule has 12 heteroatoms. The number of ether oxygens (including phenoxy) is 2. The molecule has 0 bridgehead atoms. The van der Waals surface area contributed by atoms with Crippen LogP contribution in [-0.2, 0) is 36.1 Å². The molecular formula is C21H27N3O7S2. The number of benzene rings is 2. The number of carbonyl (C=O) groups is 1. The Kier molecular flexibility index (Phi) is 8.08. The molecule has 1 aliphatic rings. The molecule has 1 amide bonds. The van der Waals surface area contributed by atoms with Gasteiger partial charge < -0.3 is 14.8 Å². The summed E-state index contributed by atoms with van der Waals surface area (Å²) in [4.78, 5) is 12.7. The van der Waals surface area contributed by atoms with Crippen LogP contribution in [0.4, 0.5) is 5.69 Å². The third kappa shape index (κ3) is 6.51. The summed E-state index contributed by atoms with van der Waals surface area (Å²) in [6.07, 6.45) is 1.03. The predicted octanol–water partition coefficient (Wildman–Crippen LogP) is 1.12. The van der Waals surface area contributed by atoms with Gasteiger partial charge in [0.1, 0.15) is 5.75 Å². The molecule has 0 aliphatic carbocycles. The summed E-state index contributed by atoms with van der Waals surface area (Å²) in [7, 11) is -6.09. The van der Waals surface area contributed by atoms with Crippen LogP contribution in [0.3, 0.4) is 0 Å². The van der Waals surface area contributed by atoms with E-state index in [0.717, 1.165) is 16.1 Å². The van der Waals surface area contributed by atoms with Crippen LogP contribution in [-0.4, -0.2) is 77.6 Å². The minimum atomic E-state index is -3.79. The minimum Gasteiger partial charge on any atom is -0.495 e. The lowest BCUT2D eigenvalue weighted by Crippen LogP contribution is -2.40. The number of nitrogens with zero attached hydrogens (tertiary/aromatic N) is 2. The van der Waals surface area contributed by atoms with Crippen LogP contribution in [0.1, 0.15) is 5.56 Å². The lowest BCUT2D eigenvalue weighted by molar-refractivity contribution is -0.116. The van der Waals surface area contributed by atoms with E-state index in [0.29, 0.717) is 13.2 Å². The zero-order valence-electron chi connectivity index (χ0n) is 18.4. The Hall–Kier alpha value is -2.51. The third-order valence-electron chi connectivity index (χ3n) is 5.04. The zero-order chi connectivity index (χ0) is 24.1. The van der Waals surface area contributed by atoms with Gasteiger partial charge in [0.2, 0.25) is 26.0 Å². The molecule has 1 aliphatic heterocycles. The SMILES string of the molecule is COc1ccc(S(=O)(=O)N2CCOCC2)cc1NC(=O)CN(Cc1ccccc1)S(C)(=O)=O. The number of carbonyl (C=O) groups excluding carboxylic acids is 1. The number of sulfonamides is 2. The number of hydrogen-bond donors (Lipinski definition) is 1. The maximum atomic E-state index is 13.0. The molecule has 3 rings (SSSR count). The Bertz CT molecular complexity index is 1180. The highest BCUT2D eigenvalue weighted by Crippen LogP contribution is 2.29. The van der Waals surface area contributed by atoms with E-state index in [2.05, 4.69) is 5.32 Å². The Morgan fingerprint density at radius 3 is 2.36 bits per heavy atom. The second-order valence-corrected chi connectivity index (χ2v) is 11.4. The van der Waals surface area contributed by atoms with Crippen molar-refractivity contribution in [1.29, 1.82) is 0 Å². The van der Waals surface area contributed by atoms with Gasteiger partial charge in [-0.25, -0.2) is 16.8 Å². The molecular weight excluding hydrogens is 470 g/mol. The van der Waals surface area contributed by atoms with E-state index < -0.39 is 32.5 Å². The normalized spacial score (nSPS) is 15.4. The fraction of sp³-hybridized carbons (Fsp3) is 0.381. The van der Waals surface area contributed by atoms with E-state index in [1.165, 1.54) is 29.6 Å². The lowest BCUT2D eigenvalue weighted by atomic mass is 10.2. The van der Waals surface area contributed by atoms with Gasteiger partial charge in [0.15, 0.2) is 0 Å². The van der Waals surface area contributed by atoms with E-state index >= 15 is 0 Å². The van der Waals surface area contributed by atoms with Crippen LogP contribution in [0.15, 0.2) is 53.4 Å². The Morgan fingerprint density at radius 1 is 1.09 bits per heavy atom. The molecule has 2 aromatic rings. The first-order valence-corrected chi connectivity index (χ1v) is 13.4. The van der Waals surface area contributed by atoms with Gasteiger partial charge in [-0.2, -0.15) is 8.61 Å². The standard InChI is InChI=1S/C21H27N3O7S2/c1-30-20-9-8-18(33(28,29)23-10-12-31-13-11-23)14-19(20)22-21(25)16-24(32(2,26)27)15-17-6-4-3-5-7-17/h3-9,14H,10-13,15-16H2,1-2H3,(H,22,25). The van der Waals surface area contributed by atoms with Crippen LogP contribution in [0, 0.1) is 0 Å². The van der Waals surface area contributed by atoms with Crippen molar-refractivity contribution >= 4 is 31.6 Å². The predicted molar refractivity (Wildman–Crippen MR) is 123 cm³/mol. The molecule has 1 heterocycles. The largest absolute Gasteiger partial charge is 0.495 e. The first-order valence-electron chi connectivity index (χ1n) is 10.2. The van der Waals surface area contributed by atoms with Crippen molar-refractivity contribution in [3.8, 4) is 5.75 Å². The van der Waals surface area contributed by atoms with Crippen molar-refractivity contribution in [2.45, 2.75) is 11.4 Å². The first-order chi connectivity index (χ1) is 15.6. The molecule has 1 saturated heterocycles. The molecule has 10 nitrogen and oxygen atoms in total. The maximum Gasteiger partial charge on any atom is 0.243 e. The molecule has 2 aromatic carbocycles. The topological polar surface area (TPSA) is 122 Å². The molecule has 0 atom stereocenters. The third-order valence-corrected chi connectivity index (χ3v) is 8.13. The highest BCUT2D eigenvalue weighted by Gasteiger charge is 2.28. The summed E-state index contributed by atoms with van der Waals surface area (Å²) in [6.45, 7) is 0.661. The van der Waals surface area contributed by atoms with E-state index in [4.69, 9.17) is 9.47 Å². The number of hydrogen-bond acceptors (Lipinski definition) is 7. The molecule has 0 aromatic heterocycles. The van der Waals surface area contributed by atoms with Gasteiger partial charge in [-0.15, -0.1) is 0 Å². The smallest absolute Gasteiger partial charge is 0.243 e. The average Bonchev–Trinajstić information content (AvgIpc) is 2.79. The lowest BCUT2D eigenvalue weighted by Gasteiger charge is -2.26. The summed E-state index contributed by atoms with van der Waals surface area (Å²) >= 11 is 0. The number of anilines is 1. The first kappa shape index (κ1) is 25.1. The number of morpholine rings is 1. The van der Waals surface area contributed by atoms with Gasteiger partial charge in [-0.05, 0) is 23.8 Å². The highest BCUT2D eigenvalue weighted by atomic mass is 32.2. The van der Waals surface area contributed by atoms with Gasteiger partial charge in [0.05, 0.1) is 43.7 Å². The van der Waals surface area contributed by atoms with Crippen LogP contribution in [0.25, 0.3) is 0 Å². The number of methoxy groups -OCH3 is 1. The maximum absolute atomic E-state index is 13.0. The quantitative estimate of drug-likeness (QED) is 0.551. The van der Waals surface area contributed by atoms with Crippen molar-refractivity contribution in [3.63, 3.8) is 0 Å². The summed E-state index contributed by atoms with van der Waals surface area (Å²) in [5.74, 6) is -0.381. The monoisotopic (exact) mass is 497 g/mol. The van der Waals surface area contributed by atoms with Crippen molar-refractivity contribution in [2.24, 2.45) is 0 Å². The second-order valence-electron chi connectivity index (χ2n) is 7.44.